The van der Waals surface area contributed by atoms with Crippen LogP contribution in [-0.2, 0) is 16.1 Å². The van der Waals surface area contributed by atoms with Gasteiger partial charge >= 0.3 is 5.97 Å². The molecule has 4 aromatic rings. The molecule has 12 heteroatoms. The number of carbonyl (C=O) groups excluding carboxylic acids is 1. The average Bonchev–Trinajstić information content (AvgIpc) is 3.30. The summed E-state index contributed by atoms with van der Waals surface area (Å²) in [5.41, 5.74) is 2.61. The number of thiazole rings is 1. The van der Waals surface area contributed by atoms with E-state index in [0.717, 1.165) is 10.0 Å². The normalized spacial score (nSPS) is 14.6. The highest BCUT2D eigenvalue weighted by Crippen LogP contribution is 2.37. The van der Waals surface area contributed by atoms with Crippen LogP contribution in [-0.4, -0.2) is 30.4 Å². The van der Waals surface area contributed by atoms with E-state index in [-0.39, 0.29) is 23.8 Å². The summed E-state index contributed by atoms with van der Waals surface area (Å²) in [6.07, 6.45) is 1.66. The highest BCUT2D eigenvalue weighted by molar-refractivity contribution is 9.10. The lowest BCUT2D eigenvalue weighted by molar-refractivity contribution is -0.139. The predicted octanol–water partition coefficient (Wildman–Crippen LogP) is 7.35. The number of hydrogen-bond acceptors (Lipinski definition) is 8. The van der Waals surface area contributed by atoms with Crippen LogP contribution in [0.3, 0.4) is 0 Å². The number of carbonyl (C=O) groups is 1. The van der Waals surface area contributed by atoms with Gasteiger partial charge in [-0.1, -0.05) is 57.1 Å². The molecule has 0 saturated heterocycles. The van der Waals surface area contributed by atoms with Crippen molar-refractivity contribution in [3.63, 3.8) is 0 Å². The highest BCUT2D eigenvalue weighted by Gasteiger charge is 2.34. The number of allylic oxidation sites excluding steroid dienone is 1. The van der Waals surface area contributed by atoms with Crippen molar-refractivity contribution in [2.75, 3.05) is 13.7 Å². The number of benzene rings is 3. The number of rotatable bonds is 10. The third kappa shape index (κ3) is 7.27. The molecule has 0 spiro atoms. The zero-order chi connectivity index (χ0) is 33.1. The molecule has 3 aromatic carbocycles. The summed E-state index contributed by atoms with van der Waals surface area (Å²) in [7, 11) is 1.55. The van der Waals surface area contributed by atoms with Crippen molar-refractivity contribution >= 4 is 66.8 Å². The van der Waals surface area contributed by atoms with E-state index in [1.807, 2.05) is 44.2 Å². The monoisotopic (exact) mass is 788 g/mol. The smallest absolute Gasteiger partial charge is 0.338 e. The highest BCUT2D eigenvalue weighted by atomic mass is 79.9. The molecule has 1 atom stereocenters. The van der Waals surface area contributed by atoms with E-state index < -0.39 is 12.0 Å². The van der Waals surface area contributed by atoms with Crippen LogP contribution in [0.5, 0.6) is 17.2 Å². The Morgan fingerprint density at radius 1 is 1.11 bits per heavy atom. The minimum atomic E-state index is -0.821. The van der Waals surface area contributed by atoms with Crippen molar-refractivity contribution in [2.45, 2.75) is 46.4 Å². The number of halogens is 3. The van der Waals surface area contributed by atoms with Crippen molar-refractivity contribution in [1.82, 2.24) is 4.57 Å². The number of ether oxygens (including phenoxy) is 4. The Hall–Kier alpha value is -3.38. The molecule has 0 aliphatic carbocycles. The van der Waals surface area contributed by atoms with Gasteiger partial charge in [0.25, 0.3) is 5.56 Å². The van der Waals surface area contributed by atoms with E-state index in [4.69, 9.17) is 30.5 Å². The second-order valence-electron chi connectivity index (χ2n) is 10.6. The lowest BCUT2D eigenvalue weighted by Gasteiger charge is -2.25. The van der Waals surface area contributed by atoms with Crippen LogP contribution < -0.4 is 29.1 Å². The number of hydrogen-bond donors (Lipinski definition) is 0. The minimum Gasteiger partial charge on any atom is -0.493 e. The fraction of sp³-hybridized carbons (Fsp3) is 0.265. The third-order valence-electron chi connectivity index (χ3n) is 7.00. The predicted molar refractivity (Wildman–Crippen MR) is 187 cm³/mol. The summed E-state index contributed by atoms with van der Waals surface area (Å²) in [4.78, 5) is 32.7. The summed E-state index contributed by atoms with van der Waals surface area (Å²) in [6, 6.07) is 15.9. The SMILES string of the molecule is CCOC(=O)C1=C(C)N=c2s/c(=C/c3cc(Cl)cc(Br)c3OCc3ccc(Br)cc3)c(=O)n2[C@@H]1c1ccc(OC(C)C)c(OC)c1. The van der Waals surface area contributed by atoms with E-state index in [9.17, 15) is 9.59 Å². The number of aromatic nitrogens is 1. The molecule has 0 bridgehead atoms. The minimum absolute atomic E-state index is 0.0788. The number of methoxy groups -OCH3 is 1. The lowest BCUT2D eigenvalue weighted by atomic mass is 9.95. The van der Waals surface area contributed by atoms with Gasteiger partial charge in [-0.25, -0.2) is 9.79 Å². The van der Waals surface area contributed by atoms with E-state index in [0.29, 0.717) is 59.5 Å². The molecule has 8 nitrogen and oxygen atoms in total. The maximum Gasteiger partial charge on any atom is 0.338 e. The quantitative estimate of drug-likeness (QED) is 0.156. The molecule has 0 fully saturated rings. The first-order valence-corrected chi connectivity index (χ1v) is 17.2. The Morgan fingerprint density at radius 3 is 2.52 bits per heavy atom. The van der Waals surface area contributed by atoms with Gasteiger partial charge in [0, 0.05) is 15.1 Å². The molecular formula is C34H31Br2ClN2O6S. The Kier molecular flexibility index (Phi) is 10.8. The standard InChI is InChI=1S/C34H31Br2ClN2O6S/c1-6-43-33(41)29-19(4)38-34-39(30(29)21-9-12-26(45-18(2)3)27(14-21)42-5)32(40)28(46-34)15-22-13-24(37)16-25(36)31(22)44-17-20-7-10-23(35)11-8-20/h7-16,18,30H,6,17H2,1-5H3/b28-15+/t30-/m1/s1. The van der Waals surface area contributed by atoms with Crippen LogP contribution in [0.25, 0.3) is 6.08 Å². The van der Waals surface area contributed by atoms with Gasteiger partial charge < -0.3 is 18.9 Å². The molecule has 0 radical (unpaired) electrons. The van der Waals surface area contributed by atoms with E-state index >= 15 is 0 Å². The van der Waals surface area contributed by atoms with Gasteiger partial charge in [0.2, 0.25) is 0 Å². The van der Waals surface area contributed by atoms with Crippen molar-refractivity contribution < 1.29 is 23.7 Å². The maximum absolute atomic E-state index is 14.3. The van der Waals surface area contributed by atoms with Gasteiger partial charge in [0.15, 0.2) is 16.3 Å². The van der Waals surface area contributed by atoms with Gasteiger partial charge in [-0.2, -0.15) is 0 Å². The van der Waals surface area contributed by atoms with Crippen molar-refractivity contribution in [3.8, 4) is 17.2 Å². The van der Waals surface area contributed by atoms with Crippen LogP contribution in [0.4, 0.5) is 0 Å². The summed E-state index contributed by atoms with van der Waals surface area (Å²) in [5.74, 6) is 1.01. The Balaban J connectivity index is 1.66. The molecule has 1 aliphatic rings. The van der Waals surface area contributed by atoms with Crippen LogP contribution in [0, 0.1) is 0 Å². The van der Waals surface area contributed by atoms with E-state index in [1.165, 1.54) is 15.9 Å². The molecule has 0 N–H and O–H groups in total. The van der Waals surface area contributed by atoms with E-state index in [1.54, 1.807) is 51.3 Å². The second-order valence-corrected chi connectivity index (χ2v) is 13.8. The number of fused-ring (bicyclic) bond motifs is 1. The Labute approximate surface area is 292 Å². The number of nitrogens with zero attached hydrogens (tertiary/aromatic N) is 2. The van der Waals surface area contributed by atoms with Crippen LogP contribution in [0.1, 0.15) is 50.4 Å². The van der Waals surface area contributed by atoms with Crippen LogP contribution >= 0.6 is 54.8 Å². The molecule has 0 unspecified atom stereocenters. The molecule has 2 heterocycles. The first-order valence-electron chi connectivity index (χ1n) is 14.4. The molecule has 46 heavy (non-hydrogen) atoms. The third-order valence-corrected chi connectivity index (χ3v) is 9.32. The molecule has 1 aromatic heterocycles. The van der Waals surface area contributed by atoms with Crippen molar-refractivity contribution in [3.05, 3.63) is 116 Å². The fourth-order valence-electron chi connectivity index (χ4n) is 5.03. The molecule has 1 aliphatic heterocycles. The van der Waals surface area contributed by atoms with Gasteiger partial charge in [0.1, 0.15) is 12.4 Å². The van der Waals surface area contributed by atoms with Crippen LogP contribution in [0.15, 0.2) is 84.6 Å². The fourth-order valence-corrected chi connectivity index (χ4v) is 7.28. The van der Waals surface area contributed by atoms with Gasteiger partial charge in [-0.3, -0.25) is 9.36 Å². The average molecular weight is 791 g/mol. The van der Waals surface area contributed by atoms with Crippen LogP contribution in [0.2, 0.25) is 5.02 Å². The summed E-state index contributed by atoms with van der Waals surface area (Å²) in [6.45, 7) is 7.79. The van der Waals surface area contributed by atoms with Gasteiger partial charge in [-0.15, -0.1) is 0 Å². The number of esters is 1. The maximum atomic E-state index is 14.3. The molecule has 240 valence electrons. The second kappa shape index (κ2) is 14.6. The first-order chi connectivity index (χ1) is 22.0. The molecule has 0 saturated carbocycles. The van der Waals surface area contributed by atoms with Gasteiger partial charge in [-0.05, 0) is 97.2 Å². The summed E-state index contributed by atoms with van der Waals surface area (Å²) >= 11 is 14.7. The first kappa shape index (κ1) is 34.0. The lowest BCUT2D eigenvalue weighted by Crippen LogP contribution is -2.40. The van der Waals surface area contributed by atoms with Crippen molar-refractivity contribution in [1.29, 1.82) is 0 Å². The Bertz CT molecular complexity index is 2000. The summed E-state index contributed by atoms with van der Waals surface area (Å²) in [5, 5.41) is 0.469. The van der Waals surface area contributed by atoms with Crippen molar-refractivity contribution in [2.24, 2.45) is 4.99 Å². The molecule has 5 rings (SSSR count). The molecular weight excluding hydrogens is 760 g/mol. The zero-order valence-electron chi connectivity index (χ0n) is 25.7. The topological polar surface area (TPSA) is 88.4 Å². The largest absolute Gasteiger partial charge is 0.493 e. The molecule has 0 amide bonds. The van der Waals surface area contributed by atoms with E-state index in [2.05, 4.69) is 36.9 Å². The zero-order valence-corrected chi connectivity index (χ0v) is 30.5. The summed E-state index contributed by atoms with van der Waals surface area (Å²) < 4.78 is 26.7. The Morgan fingerprint density at radius 2 is 1.85 bits per heavy atom. The van der Waals surface area contributed by atoms with Gasteiger partial charge in [0.05, 0.1) is 46.1 Å².